The van der Waals surface area contributed by atoms with Crippen molar-refractivity contribution in [2.24, 2.45) is 10.8 Å². The summed E-state index contributed by atoms with van der Waals surface area (Å²) in [7, 11) is 0. The van der Waals surface area contributed by atoms with E-state index in [0.717, 1.165) is 25.7 Å². The van der Waals surface area contributed by atoms with Crippen LogP contribution in [0.4, 0.5) is 0 Å². The van der Waals surface area contributed by atoms with Crippen molar-refractivity contribution in [2.45, 2.75) is 52.1 Å². The van der Waals surface area contributed by atoms with E-state index < -0.39 is 5.41 Å². The van der Waals surface area contributed by atoms with Gasteiger partial charge in [-0.15, -0.1) is 0 Å². The smallest absolute Gasteiger partial charge is 0.143 e. The van der Waals surface area contributed by atoms with Crippen LogP contribution in [-0.2, 0) is 11.2 Å². The van der Waals surface area contributed by atoms with E-state index in [1.807, 2.05) is 0 Å². The summed E-state index contributed by atoms with van der Waals surface area (Å²) in [5.74, 6) is 0.323. The molecule has 3 atom stereocenters. The molecule has 0 amide bonds. The van der Waals surface area contributed by atoms with Crippen molar-refractivity contribution >= 4 is 28.4 Å². The molecule has 3 rings (SSSR count). The molecule has 0 aliphatic heterocycles. The SMILES string of the molecule is CC1(Cc2cccc(I)c2)C(=O)CC[C@@]2(C)C1=CCC[C@@H]2O. The van der Waals surface area contributed by atoms with Crippen LogP contribution >= 0.6 is 22.6 Å². The number of aliphatic hydroxyl groups is 1. The van der Waals surface area contributed by atoms with Crippen molar-refractivity contribution < 1.29 is 9.90 Å². The lowest BCUT2D eigenvalue weighted by Gasteiger charge is -2.51. The first-order valence-electron chi connectivity index (χ1n) is 8.03. The van der Waals surface area contributed by atoms with Crippen molar-refractivity contribution in [3.05, 3.63) is 45.0 Å². The summed E-state index contributed by atoms with van der Waals surface area (Å²) < 4.78 is 1.20. The Morgan fingerprint density at radius 3 is 2.86 bits per heavy atom. The molecule has 1 saturated carbocycles. The van der Waals surface area contributed by atoms with Gasteiger partial charge in [0, 0.05) is 15.4 Å². The summed E-state index contributed by atoms with van der Waals surface area (Å²) in [5.41, 5.74) is 1.67. The van der Waals surface area contributed by atoms with Crippen molar-refractivity contribution in [3.8, 4) is 0 Å². The van der Waals surface area contributed by atoms with Gasteiger partial charge in [0.2, 0.25) is 0 Å². The van der Waals surface area contributed by atoms with Gasteiger partial charge in [-0.25, -0.2) is 0 Å². The van der Waals surface area contributed by atoms with Crippen molar-refractivity contribution in [2.75, 3.05) is 0 Å². The molecule has 0 radical (unpaired) electrons. The first-order chi connectivity index (χ1) is 10.4. The number of aliphatic hydroxyl groups excluding tert-OH is 1. The Hall–Kier alpha value is -0.680. The van der Waals surface area contributed by atoms with Gasteiger partial charge in [-0.1, -0.05) is 30.7 Å². The van der Waals surface area contributed by atoms with Crippen LogP contribution in [0.2, 0.25) is 0 Å². The van der Waals surface area contributed by atoms with Gasteiger partial charge in [0.25, 0.3) is 0 Å². The zero-order chi connectivity index (χ0) is 16.0. The second-order valence-electron chi connectivity index (χ2n) is 7.19. The normalized spacial score (nSPS) is 35.0. The van der Waals surface area contributed by atoms with Crippen LogP contribution in [0.25, 0.3) is 0 Å². The number of benzene rings is 1. The van der Waals surface area contributed by atoms with Gasteiger partial charge in [0.05, 0.1) is 11.5 Å². The van der Waals surface area contributed by atoms with Crippen LogP contribution in [-0.4, -0.2) is 17.0 Å². The highest BCUT2D eigenvalue weighted by Crippen LogP contribution is 2.54. The first-order valence-corrected chi connectivity index (χ1v) is 9.11. The fourth-order valence-corrected chi connectivity index (χ4v) is 4.93. The monoisotopic (exact) mass is 410 g/mol. The highest BCUT2D eigenvalue weighted by molar-refractivity contribution is 14.1. The quantitative estimate of drug-likeness (QED) is 0.584. The maximum absolute atomic E-state index is 12.8. The zero-order valence-corrected chi connectivity index (χ0v) is 15.4. The lowest BCUT2D eigenvalue weighted by Crippen LogP contribution is -2.50. The molecule has 0 spiro atoms. The van der Waals surface area contributed by atoms with Gasteiger partial charge >= 0.3 is 0 Å². The van der Waals surface area contributed by atoms with Crippen LogP contribution in [0.3, 0.4) is 0 Å². The van der Waals surface area contributed by atoms with Gasteiger partial charge in [0.15, 0.2) is 0 Å². The van der Waals surface area contributed by atoms with E-state index in [9.17, 15) is 9.90 Å². The highest BCUT2D eigenvalue weighted by atomic mass is 127. The van der Waals surface area contributed by atoms with Crippen LogP contribution in [0.1, 0.15) is 45.1 Å². The molecule has 1 aromatic carbocycles. The number of Topliss-reactive ketones (excluding diaryl/α,β-unsaturated/α-hetero) is 1. The van der Waals surface area contributed by atoms with E-state index in [2.05, 4.69) is 66.8 Å². The van der Waals surface area contributed by atoms with Gasteiger partial charge in [-0.05, 0) is 72.9 Å². The van der Waals surface area contributed by atoms with E-state index in [1.54, 1.807) is 0 Å². The minimum atomic E-state index is -0.473. The molecule has 3 heteroatoms. The number of fused-ring (bicyclic) bond motifs is 1. The number of carbonyl (C=O) groups is 1. The first kappa shape index (κ1) is 16.2. The lowest BCUT2D eigenvalue weighted by molar-refractivity contribution is -0.131. The Morgan fingerprint density at radius 1 is 1.36 bits per heavy atom. The van der Waals surface area contributed by atoms with E-state index in [1.165, 1.54) is 14.7 Å². The molecule has 2 nitrogen and oxygen atoms in total. The molecular weight excluding hydrogens is 387 g/mol. The Balaban J connectivity index is 2.02. The number of ketones is 1. The second-order valence-corrected chi connectivity index (χ2v) is 8.44. The number of hydrogen-bond acceptors (Lipinski definition) is 2. The van der Waals surface area contributed by atoms with Gasteiger partial charge in [0.1, 0.15) is 5.78 Å². The predicted octanol–water partition coefficient (Wildman–Crippen LogP) is 4.29. The summed E-state index contributed by atoms with van der Waals surface area (Å²) in [6.07, 6.45) is 5.69. The Bertz CT molecular complexity index is 636. The average molecular weight is 410 g/mol. The third-order valence-corrected chi connectivity index (χ3v) is 6.34. The molecule has 118 valence electrons. The summed E-state index contributed by atoms with van der Waals surface area (Å²) in [5, 5.41) is 10.5. The lowest BCUT2D eigenvalue weighted by atomic mass is 9.53. The van der Waals surface area contributed by atoms with Crippen molar-refractivity contribution in [1.82, 2.24) is 0 Å². The molecule has 1 N–H and O–H groups in total. The van der Waals surface area contributed by atoms with Crippen LogP contribution in [0, 0.1) is 14.4 Å². The third kappa shape index (κ3) is 2.56. The molecule has 22 heavy (non-hydrogen) atoms. The molecular formula is C19H23IO2. The summed E-state index contributed by atoms with van der Waals surface area (Å²) >= 11 is 2.31. The fourth-order valence-electron chi connectivity index (χ4n) is 4.32. The van der Waals surface area contributed by atoms with E-state index in [4.69, 9.17) is 0 Å². The van der Waals surface area contributed by atoms with E-state index >= 15 is 0 Å². The summed E-state index contributed by atoms with van der Waals surface area (Å²) in [4.78, 5) is 12.8. The van der Waals surface area contributed by atoms with Crippen molar-refractivity contribution in [3.63, 3.8) is 0 Å². The van der Waals surface area contributed by atoms with Gasteiger partial charge in [-0.3, -0.25) is 4.79 Å². The van der Waals surface area contributed by atoms with Gasteiger partial charge in [-0.2, -0.15) is 0 Å². The maximum atomic E-state index is 12.8. The maximum Gasteiger partial charge on any atom is 0.143 e. The fraction of sp³-hybridized carbons (Fsp3) is 0.526. The molecule has 1 unspecified atom stereocenters. The van der Waals surface area contributed by atoms with Crippen molar-refractivity contribution in [1.29, 1.82) is 0 Å². The third-order valence-electron chi connectivity index (χ3n) is 5.67. The molecule has 2 aliphatic rings. The van der Waals surface area contributed by atoms with E-state index in [0.29, 0.717) is 12.2 Å². The molecule has 0 aromatic heterocycles. The minimum absolute atomic E-state index is 0.233. The van der Waals surface area contributed by atoms with E-state index in [-0.39, 0.29) is 11.5 Å². The Kier molecular flexibility index (Phi) is 4.23. The number of hydrogen-bond donors (Lipinski definition) is 1. The van der Waals surface area contributed by atoms with Crippen LogP contribution in [0.5, 0.6) is 0 Å². The highest BCUT2D eigenvalue weighted by Gasteiger charge is 2.52. The summed E-state index contributed by atoms with van der Waals surface area (Å²) in [6, 6.07) is 8.39. The Morgan fingerprint density at radius 2 is 2.14 bits per heavy atom. The largest absolute Gasteiger partial charge is 0.392 e. The molecule has 0 saturated heterocycles. The average Bonchev–Trinajstić information content (AvgIpc) is 2.46. The molecule has 0 bridgehead atoms. The predicted molar refractivity (Wildman–Crippen MR) is 96.6 cm³/mol. The molecule has 2 aliphatic carbocycles. The number of carbonyl (C=O) groups excluding carboxylic acids is 1. The Labute approximate surface area is 146 Å². The minimum Gasteiger partial charge on any atom is -0.392 e. The zero-order valence-electron chi connectivity index (χ0n) is 13.2. The standard InChI is InChI=1S/C19H23IO2/c1-18-10-9-17(22)19(2,15(18)7-4-8-16(18)21)12-13-5-3-6-14(20)11-13/h3,5-7,11,16,21H,4,8-10,12H2,1-2H3/t16-,18-,19?/m0/s1. The topological polar surface area (TPSA) is 37.3 Å². The second kappa shape index (κ2) is 5.75. The number of allylic oxidation sites excluding steroid dienone is 1. The van der Waals surface area contributed by atoms with Crippen LogP contribution < -0.4 is 0 Å². The molecule has 1 fully saturated rings. The molecule has 1 aromatic rings. The van der Waals surface area contributed by atoms with Crippen LogP contribution in [0.15, 0.2) is 35.9 Å². The number of rotatable bonds is 2. The number of halogens is 1. The van der Waals surface area contributed by atoms with Gasteiger partial charge < -0.3 is 5.11 Å². The molecule has 0 heterocycles. The summed E-state index contributed by atoms with van der Waals surface area (Å²) in [6.45, 7) is 4.22.